The Bertz CT molecular complexity index is 1280. The van der Waals surface area contributed by atoms with E-state index >= 15 is 0 Å². The summed E-state index contributed by atoms with van der Waals surface area (Å²) in [6.07, 6.45) is 5.37. The number of aromatic nitrogens is 3. The first-order valence-corrected chi connectivity index (χ1v) is 11.6. The Morgan fingerprint density at radius 3 is 1.19 bits per heavy atom. The molecule has 6 rings (SSSR count). The molecule has 37 heavy (non-hydrogen) atoms. The van der Waals surface area contributed by atoms with Crippen molar-refractivity contribution >= 4 is 0 Å². The zero-order valence-electron chi connectivity index (χ0n) is 19.9. The Labute approximate surface area is 230 Å². The van der Waals surface area contributed by atoms with Crippen molar-refractivity contribution in [2.45, 2.75) is 0 Å². The van der Waals surface area contributed by atoms with Crippen molar-refractivity contribution in [3.8, 4) is 44.9 Å². The molecule has 4 heteroatoms. The Hall–Kier alpha value is -4.27. The van der Waals surface area contributed by atoms with E-state index in [0.29, 0.717) is 0 Å². The largest absolute Gasteiger partial charge is 3.00 e. The fourth-order valence-corrected chi connectivity index (χ4v) is 3.67. The molecule has 3 aromatic heterocycles. The van der Waals surface area contributed by atoms with Crippen LogP contribution in [0.5, 0.6) is 0 Å². The van der Waals surface area contributed by atoms with Gasteiger partial charge in [-0.05, 0) is 18.2 Å². The van der Waals surface area contributed by atoms with Crippen molar-refractivity contribution in [1.29, 1.82) is 0 Å². The molecule has 0 spiro atoms. The summed E-state index contributed by atoms with van der Waals surface area (Å²) in [7, 11) is 0. The number of nitrogens with zero attached hydrogens (tertiary/aromatic N) is 3. The summed E-state index contributed by atoms with van der Waals surface area (Å²) in [5, 5.41) is 0. The summed E-state index contributed by atoms with van der Waals surface area (Å²) < 4.78 is 0. The minimum atomic E-state index is 0. The zero-order valence-corrected chi connectivity index (χ0v) is 21.6. The maximum atomic E-state index is 4.34. The van der Waals surface area contributed by atoms with Crippen LogP contribution in [0.4, 0.5) is 0 Å². The molecule has 0 N–H and O–H groups in total. The van der Waals surface area contributed by atoms with Gasteiger partial charge in [0.15, 0.2) is 0 Å². The van der Waals surface area contributed by atoms with Crippen LogP contribution in [0.25, 0.3) is 44.9 Å². The molecular formula is C33H22N3Ru. The van der Waals surface area contributed by atoms with E-state index in [9.17, 15) is 0 Å². The van der Waals surface area contributed by atoms with Gasteiger partial charge in [-0.15, -0.1) is 48.0 Å². The van der Waals surface area contributed by atoms with E-state index < -0.39 is 0 Å². The molecule has 3 aromatic carbocycles. The fraction of sp³-hybridized carbons (Fsp3) is 0. The molecule has 3 heterocycles. The van der Waals surface area contributed by atoms with Gasteiger partial charge in [-0.3, -0.25) is 15.0 Å². The average molecular weight is 562 g/mol. The topological polar surface area (TPSA) is 38.7 Å². The number of hydrogen-bond acceptors (Lipinski definition) is 3. The molecule has 6 aromatic rings. The quantitative estimate of drug-likeness (QED) is 0.164. The van der Waals surface area contributed by atoms with Crippen LogP contribution in [0.1, 0.15) is 0 Å². The molecule has 177 valence electrons. The third-order valence-corrected chi connectivity index (χ3v) is 5.41. The van der Waals surface area contributed by atoms with Gasteiger partial charge in [0.1, 0.15) is 0 Å². The number of pyridine rings is 3. The minimum absolute atomic E-state index is 0. The second-order valence-corrected chi connectivity index (χ2v) is 7.88. The molecule has 0 saturated carbocycles. The number of benzene rings is 3. The Morgan fingerprint density at radius 1 is 0.378 bits per heavy atom. The summed E-state index contributed by atoms with van der Waals surface area (Å²) in [6.45, 7) is 0. The first kappa shape index (κ1) is 25.8. The number of rotatable bonds is 4. The summed E-state index contributed by atoms with van der Waals surface area (Å²) >= 11 is 0. The second kappa shape index (κ2) is 13.2. The molecule has 0 unspecified atom stereocenters. The summed E-state index contributed by atoms with van der Waals surface area (Å²) in [4.78, 5) is 13.0. The van der Waals surface area contributed by atoms with Crippen LogP contribution in [-0.4, -0.2) is 15.0 Å². The van der Waals surface area contributed by atoms with Gasteiger partial charge in [0.05, 0.1) is 0 Å². The van der Waals surface area contributed by atoms with Gasteiger partial charge in [-0.1, -0.05) is 47.5 Å². The molecule has 0 bridgehead atoms. The van der Waals surface area contributed by atoms with Gasteiger partial charge in [-0.2, -0.15) is 42.0 Å². The predicted molar refractivity (Wildman–Crippen MR) is 145 cm³/mol. The molecule has 0 fully saturated rings. The van der Waals surface area contributed by atoms with E-state index in [1.807, 2.05) is 115 Å². The first-order valence-electron chi connectivity index (χ1n) is 11.6. The van der Waals surface area contributed by atoms with Crippen LogP contribution in [0, 0.1) is 18.2 Å². The summed E-state index contributed by atoms with van der Waals surface area (Å²) in [5.41, 5.74) is 7.86. The molecule has 0 atom stereocenters. The monoisotopic (exact) mass is 562 g/mol. The van der Waals surface area contributed by atoms with E-state index in [1.165, 1.54) is 0 Å². The molecule has 0 aliphatic heterocycles. The van der Waals surface area contributed by atoms with Crippen LogP contribution in [0.15, 0.2) is 134 Å². The third-order valence-electron chi connectivity index (χ3n) is 5.41. The Balaban J connectivity index is 0.000000168. The van der Waals surface area contributed by atoms with Crippen molar-refractivity contribution in [2.24, 2.45) is 0 Å². The molecule has 3 nitrogen and oxygen atoms in total. The third kappa shape index (κ3) is 6.91. The van der Waals surface area contributed by atoms with Crippen molar-refractivity contribution in [3.05, 3.63) is 152 Å². The van der Waals surface area contributed by atoms with Gasteiger partial charge >= 0.3 is 19.5 Å². The predicted octanol–water partition coefficient (Wildman–Crippen LogP) is 7.62. The SMILES string of the molecule is [Ru+3].[c-]1c(-c2ccccn2)cccc1-c1ccccn1.[c-]1ccccc1-c1[c-]c(-c2ccccn2)ccc1. The maximum Gasteiger partial charge on any atom is 3.00 e. The van der Waals surface area contributed by atoms with Crippen LogP contribution in [-0.2, 0) is 19.5 Å². The Kier molecular flexibility index (Phi) is 9.18. The first-order chi connectivity index (χ1) is 17.9. The standard InChI is InChI=1S/C17H11N.C16H11N2.Ru/c1-2-7-14(8-3-1)15-9-6-10-16(13-15)17-11-4-5-12-18-17;1-3-10-17-15(8-1)13-6-5-7-14(12-13)16-9-2-4-11-18-16;/h1-7,9-12H;1-11H;/q-2;-1;+3. The Morgan fingerprint density at radius 2 is 0.784 bits per heavy atom. The second-order valence-electron chi connectivity index (χ2n) is 7.88. The van der Waals surface area contributed by atoms with Crippen LogP contribution >= 0.6 is 0 Å². The van der Waals surface area contributed by atoms with Crippen LogP contribution in [0.3, 0.4) is 0 Å². The minimum Gasteiger partial charge on any atom is -0.295 e. The van der Waals surface area contributed by atoms with E-state index in [4.69, 9.17) is 0 Å². The smallest absolute Gasteiger partial charge is 0.295 e. The number of hydrogen-bond donors (Lipinski definition) is 0. The van der Waals surface area contributed by atoms with Crippen LogP contribution in [0.2, 0.25) is 0 Å². The van der Waals surface area contributed by atoms with Gasteiger partial charge in [-0.25, -0.2) is 5.56 Å². The summed E-state index contributed by atoms with van der Waals surface area (Å²) in [5.74, 6) is 0. The van der Waals surface area contributed by atoms with Crippen molar-refractivity contribution in [3.63, 3.8) is 0 Å². The molecule has 0 aliphatic rings. The van der Waals surface area contributed by atoms with E-state index in [2.05, 4.69) is 33.2 Å². The van der Waals surface area contributed by atoms with Crippen molar-refractivity contribution < 1.29 is 19.5 Å². The molecule has 0 aliphatic carbocycles. The van der Waals surface area contributed by atoms with Gasteiger partial charge in [0.2, 0.25) is 0 Å². The molecule has 0 saturated heterocycles. The van der Waals surface area contributed by atoms with Gasteiger partial charge in [0, 0.05) is 35.7 Å². The van der Waals surface area contributed by atoms with Crippen LogP contribution < -0.4 is 0 Å². The molecule has 0 amide bonds. The van der Waals surface area contributed by atoms with Gasteiger partial charge < -0.3 is 0 Å². The fourth-order valence-electron chi connectivity index (χ4n) is 3.67. The van der Waals surface area contributed by atoms with Crippen molar-refractivity contribution in [2.75, 3.05) is 0 Å². The maximum absolute atomic E-state index is 4.34. The normalized spacial score (nSPS) is 9.95. The van der Waals surface area contributed by atoms with E-state index in [-0.39, 0.29) is 19.5 Å². The van der Waals surface area contributed by atoms with Gasteiger partial charge in [0.25, 0.3) is 0 Å². The molecular weight excluding hydrogens is 539 g/mol. The molecule has 1 radical (unpaired) electrons. The van der Waals surface area contributed by atoms with E-state index in [1.54, 1.807) is 18.6 Å². The van der Waals surface area contributed by atoms with E-state index in [0.717, 1.165) is 44.9 Å². The van der Waals surface area contributed by atoms with Crippen molar-refractivity contribution in [1.82, 2.24) is 15.0 Å². The average Bonchev–Trinajstić information content (AvgIpc) is 2.99. The zero-order chi connectivity index (χ0) is 24.4. The summed E-state index contributed by atoms with van der Waals surface area (Å²) in [6, 6.07) is 47.6.